The van der Waals surface area contributed by atoms with Crippen LogP contribution in [-0.4, -0.2) is 42.6 Å². The number of likely N-dealkylation sites (tertiary alicyclic amines) is 1. The molecule has 6 heteroatoms. The second kappa shape index (κ2) is 8.04. The minimum Gasteiger partial charge on any atom is -0.479 e. The van der Waals surface area contributed by atoms with Gasteiger partial charge in [0, 0.05) is 17.6 Å². The van der Waals surface area contributed by atoms with E-state index in [0.717, 1.165) is 19.5 Å². The van der Waals surface area contributed by atoms with E-state index >= 15 is 0 Å². The molecule has 1 N–H and O–H groups in total. The molecule has 0 saturated carbocycles. The molecule has 22 heavy (non-hydrogen) atoms. The molecule has 0 bridgehead atoms. The maximum atomic E-state index is 12.2. The smallest absolute Gasteiger partial charge is 0.260 e. The summed E-state index contributed by atoms with van der Waals surface area (Å²) >= 11 is 11.9. The monoisotopic (exact) mass is 344 g/mol. The SMILES string of the molecule is CCN1CCC[C@@H]1CNC(=O)[C@@H](C)Oc1ccc(Cl)cc1Cl. The van der Waals surface area contributed by atoms with Crippen molar-refractivity contribution in [1.29, 1.82) is 0 Å². The number of nitrogens with one attached hydrogen (secondary N) is 1. The molecule has 1 aromatic rings. The van der Waals surface area contributed by atoms with E-state index in [4.69, 9.17) is 27.9 Å². The lowest BCUT2D eigenvalue weighted by atomic mass is 10.2. The number of carbonyl (C=O) groups excluding carboxylic acids is 1. The Morgan fingerprint density at radius 1 is 1.50 bits per heavy atom. The fourth-order valence-electron chi connectivity index (χ4n) is 2.72. The third-order valence-corrected chi connectivity index (χ3v) is 4.51. The number of hydrogen-bond acceptors (Lipinski definition) is 3. The van der Waals surface area contributed by atoms with Crippen molar-refractivity contribution in [3.8, 4) is 5.75 Å². The second-order valence-corrected chi connectivity index (χ2v) is 6.35. The van der Waals surface area contributed by atoms with Crippen LogP contribution in [0.3, 0.4) is 0 Å². The number of amides is 1. The third-order valence-electron chi connectivity index (χ3n) is 3.98. The van der Waals surface area contributed by atoms with Crippen LogP contribution in [0.4, 0.5) is 0 Å². The Morgan fingerprint density at radius 3 is 2.95 bits per heavy atom. The summed E-state index contributed by atoms with van der Waals surface area (Å²) < 4.78 is 5.61. The highest BCUT2D eigenvalue weighted by molar-refractivity contribution is 6.35. The van der Waals surface area contributed by atoms with Gasteiger partial charge in [0.15, 0.2) is 6.10 Å². The van der Waals surface area contributed by atoms with Gasteiger partial charge in [0.1, 0.15) is 5.75 Å². The van der Waals surface area contributed by atoms with Gasteiger partial charge in [-0.2, -0.15) is 0 Å². The molecule has 1 heterocycles. The quantitative estimate of drug-likeness (QED) is 0.860. The van der Waals surface area contributed by atoms with Gasteiger partial charge >= 0.3 is 0 Å². The zero-order valence-electron chi connectivity index (χ0n) is 12.9. The third kappa shape index (κ3) is 4.51. The summed E-state index contributed by atoms with van der Waals surface area (Å²) in [5.41, 5.74) is 0. The number of nitrogens with zero attached hydrogens (tertiary/aromatic N) is 1. The summed E-state index contributed by atoms with van der Waals surface area (Å²) in [6.45, 7) is 6.66. The van der Waals surface area contributed by atoms with Gasteiger partial charge in [-0.25, -0.2) is 0 Å². The van der Waals surface area contributed by atoms with E-state index in [-0.39, 0.29) is 5.91 Å². The Bertz CT molecular complexity index is 525. The van der Waals surface area contributed by atoms with Gasteiger partial charge in [-0.05, 0) is 51.1 Å². The van der Waals surface area contributed by atoms with Crippen LogP contribution in [0.15, 0.2) is 18.2 Å². The molecule has 1 amide bonds. The first-order valence-electron chi connectivity index (χ1n) is 7.64. The van der Waals surface area contributed by atoms with Crippen LogP contribution < -0.4 is 10.1 Å². The van der Waals surface area contributed by atoms with Crippen molar-refractivity contribution in [3.05, 3.63) is 28.2 Å². The van der Waals surface area contributed by atoms with E-state index in [1.165, 1.54) is 6.42 Å². The summed E-state index contributed by atoms with van der Waals surface area (Å²) in [5, 5.41) is 3.91. The minimum atomic E-state index is -0.602. The van der Waals surface area contributed by atoms with Crippen LogP contribution in [0.25, 0.3) is 0 Å². The molecule has 0 spiro atoms. The van der Waals surface area contributed by atoms with Gasteiger partial charge in [0.25, 0.3) is 5.91 Å². The van der Waals surface area contributed by atoms with Crippen molar-refractivity contribution in [2.24, 2.45) is 0 Å². The normalized spacial score (nSPS) is 19.9. The van der Waals surface area contributed by atoms with Crippen molar-refractivity contribution in [2.45, 2.75) is 38.8 Å². The topological polar surface area (TPSA) is 41.6 Å². The molecule has 2 rings (SSSR count). The van der Waals surface area contributed by atoms with Crippen LogP contribution in [-0.2, 0) is 4.79 Å². The summed E-state index contributed by atoms with van der Waals surface area (Å²) in [6, 6.07) is 5.39. The highest BCUT2D eigenvalue weighted by Crippen LogP contribution is 2.28. The van der Waals surface area contributed by atoms with Gasteiger partial charge in [-0.1, -0.05) is 30.1 Å². The standard InChI is InChI=1S/C16H22Cl2N2O2/c1-3-20-8-4-5-13(20)10-19-16(21)11(2)22-15-7-6-12(17)9-14(15)18/h6-7,9,11,13H,3-5,8,10H2,1-2H3,(H,19,21)/t11-,13-/m1/s1. The number of likely N-dealkylation sites (N-methyl/N-ethyl adjacent to an activating group) is 1. The lowest BCUT2D eigenvalue weighted by Crippen LogP contribution is -2.44. The molecule has 1 saturated heterocycles. The first-order chi connectivity index (χ1) is 10.5. The Labute approximate surface area is 141 Å². The summed E-state index contributed by atoms with van der Waals surface area (Å²) in [7, 11) is 0. The lowest BCUT2D eigenvalue weighted by Gasteiger charge is -2.24. The summed E-state index contributed by atoms with van der Waals surface area (Å²) in [6.07, 6.45) is 1.72. The number of carbonyl (C=O) groups is 1. The molecule has 0 aliphatic carbocycles. The Morgan fingerprint density at radius 2 is 2.27 bits per heavy atom. The Kier molecular flexibility index (Phi) is 6.36. The fourth-order valence-corrected chi connectivity index (χ4v) is 3.17. The molecule has 1 fully saturated rings. The highest BCUT2D eigenvalue weighted by atomic mass is 35.5. The molecule has 1 aliphatic rings. The molecule has 2 atom stereocenters. The van der Waals surface area contributed by atoms with Crippen molar-refractivity contribution >= 4 is 29.1 Å². The maximum absolute atomic E-state index is 12.2. The van der Waals surface area contributed by atoms with E-state index in [2.05, 4.69) is 17.1 Å². The highest BCUT2D eigenvalue weighted by Gasteiger charge is 2.24. The Hall–Kier alpha value is -0.970. The number of hydrogen-bond donors (Lipinski definition) is 1. The van der Waals surface area contributed by atoms with Crippen molar-refractivity contribution in [3.63, 3.8) is 0 Å². The number of benzene rings is 1. The van der Waals surface area contributed by atoms with Crippen LogP contribution in [0.1, 0.15) is 26.7 Å². The van der Waals surface area contributed by atoms with Crippen molar-refractivity contribution < 1.29 is 9.53 Å². The first kappa shape index (κ1) is 17.4. The number of rotatable bonds is 6. The molecule has 122 valence electrons. The largest absolute Gasteiger partial charge is 0.479 e. The van der Waals surface area contributed by atoms with E-state index in [1.54, 1.807) is 25.1 Å². The van der Waals surface area contributed by atoms with Crippen LogP contribution in [0.5, 0.6) is 5.75 Å². The van der Waals surface area contributed by atoms with E-state index in [9.17, 15) is 4.79 Å². The molecular weight excluding hydrogens is 323 g/mol. The fraction of sp³-hybridized carbons (Fsp3) is 0.562. The Balaban J connectivity index is 1.84. The van der Waals surface area contributed by atoms with E-state index in [0.29, 0.717) is 28.4 Å². The molecule has 0 aromatic heterocycles. The maximum Gasteiger partial charge on any atom is 0.260 e. The number of ether oxygens (including phenoxy) is 1. The first-order valence-corrected chi connectivity index (χ1v) is 8.40. The zero-order chi connectivity index (χ0) is 16.1. The molecule has 4 nitrogen and oxygen atoms in total. The molecular formula is C16H22Cl2N2O2. The summed E-state index contributed by atoms with van der Waals surface area (Å²) in [4.78, 5) is 14.5. The van der Waals surface area contributed by atoms with Crippen molar-refractivity contribution in [2.75, 3.05) is 19.6 Å². The average molecular weight is 345 g/mol. The van der Waals surface area contributed by atoms with Gasteiger partial charge in [-0.3, -0.25) is 9.69 Å². The number of halogens is 2. The van der Waals surface area contributed by atoms with Gasteiger partial charge < -0.3 is 10.1 Å². The average Bonchev–Trinajstić information content (AvgIpc) is 2.95. The van der Waals surface area contributed by atoms with Gasteiger partial charge in [0.2, 0.25) is 0 Å². The molecule has 1 aromatic carbocycles. The van der Waals surface area contributed by atoms with Crippen molar-refractivity contribution in [1.82, 2.24) is 10.2 Å². The molecule has 0 unspecified atom stereocenters. The van der Waals surface area contributed by atoms with Gasteiger partial charge in [-0.15, -0.1) is 0 Å². The minimum absolute atomic E-state index is 0.131. The van der Waals surface area contributed by atoms with E-state index < -0.39 is 6.10 Å². The molecule has 0 radical (unpaired) electrons. The van der Waals surface area contributed by atoms with E-state index in [1.807, 2.05) is 0 Å². The van der Waals surface area contributed by atoms with Crippen LogP contribution in [0, 0.1) is 0 Å². The summed E-state index contributed by atoms with van der Waals surface area (Å²) in [5.74, 6) is 0.332. The van der Waals surface area contributed by atoms with Crippen LogP contribution in [0.2, 0.25) is 10.0 Å². The van der Waals surface area contributed by atoms with Crippen LogP contribution >= 0.6 is 23.2 Å². The predicted octanol–water partition coefficient (Wildman–Crippen LogP) is 3.36. The second-order valence-electron chi connectivity index (χ2n) is 5.50. The lowest BCUT2D eigenvalue weighted by molar-refractivity contribution is -0.127. The predicted molar refractivity (Wildman–Crippen MR) is 89.8 cm³/mol. The zero-order valence-corrected chi connectivity index (χ0v) is 14.5. The molecule has 1 aliphatic heterocycles. The van der Waals surface area contributed by atoms with Gasteiger partial charge in [0.05, 0.1) is 5.02 Å².